The second kappa shape index (κ2) is 5.11. The number of nitrogens with two attached hydrogens (primary N) is 3. The topological polar surface area (TPSA) is 239 Å². The minimum Gasteiger partial charge on any atom is -0.365 e. The van der Waals surface area contributed by atoms with Crippen LogP contribution in [0.15, 0.2) is 5.10 Å². The maximum absolute atomic E-state index is 10.1. The van der Waals surface area contributed by atoms with Crippen molar-refractivity contribution in [2.45, 2.75) is 0 Å². The lowest BCUT2D eigenvalue weighted by atomic mass is 11.0. The third kappa shape index (κ3) is 2.92. The van der Waals surface area contributed by atoms with E-state index in [1.165, 1.54) is 0 Å². The highest BCUT2D eigenvalue weighted by atomic mass is 16.8. The number of nitrogen functional groups attached to an aromatic ring is 2. The minimum atomic E-state index is -1.08. The lowest BCUT2D eigenvalue weighted by Crippen LogP contribution is -2.53. The quantitative estimate of drug-likeness (QED) is 0.227. The molecule has 0 radical (unpaired) electrons. The molecule has 2 heterocycles. The van der Waals surface area contributed by atoms with Gasteiger partial charge >= 0.3 is 5.96 Å². The third-order valence-electron chi connectivity index (χ3n) is 1.47. The molecular formula is C2H7N13O4. The molecule has 17 heteroatoms. The molecule has 2 rings (SSSR count). The number of nitro groups is 2. The Morgan fingerprint density at radius 2 is 1.84 bits per heavy atom. The number of aromatic nitrogens is 4. The van der Waals surface area contributed by atoms with Gasteiger partial charge in [-0.15, -0.1) is 15.4 Å². The standard InChI is InChI=1S/CH3N7O4.CH4N6/c2-1-3-4-6(8(11)12)5(1)7(9)10;2-1-4-5-6-7(1)3/h4H,(H2,2,3);3H2,(H2,2,4,6). The van der Waals surface area contributed by atoms with E-state index < -0.39 is 16.0 Å². The predicted octanol–water partition coefficient (Wildman–Crippen LogP) is -4.39. The molecule has 0 atom stereocenters. The second-order valence-corrected chi connectivity index (χ2v) is 2.61. The van der Waals surface area contributed by atoms with Crippen LogP contribution >= 0.6 is 0 Å². The van der Waals surface area contributed by atoms with Gasteiger partial charge in [-0.3, -0.25) is 0 Å². The number of guanidine groups is 1. The van der Waals surface area contributed by atoms with Crippen LogP contribution in [0.4, 0.5) is 5.95 Å². The van der Waals surface area contributed by atoms with Crippen LogP contribution in [-0.4, -0.2) is 46.7 Å². The number of hydrogen-bond donors (Lipinski definition) is 4. The molecule has 0 fully saturated rings. The molecule has 1 aromatic heterocycles. The van der Waals surface area contributed by atoms with Crippen LogP contribution in [0, 0.1) is 20.2 Å². The van der Waals surface area contributed by atoms with Crippen molar-refractivity contribution in [3.05, 3.63) is 20.2 Å². The van der Waals surface area contributed by atoms with Gasteiger partial charge in [0.2, 0.25) is 5.03 Å². The summed E-state index contributed by atoms with van der Waals surface area (Å²) in [6.07, 6.45) is 0. The van der Waals surface area contributed by atoms with E-state index in [-0.39, 0.29) is 16.3 Å². The Kier molecular flexibility index (Phi) is 3.61. The molecule has 1 aliphatic heterocycles. The summed E-state index contributed by atoms with van der Waals surface area (Å²) < 4.78 is 0. The fourth-order valence-electron chi connectivity index (χ4n) is 0.739. The zero-order valence-corrected chi connectivity index (χ0v) is 8.89. The Labute approximate surface area is 102 Å². The van der Waals surface area contributed by atoms with Crippen molar-refractivity contribution in [1.82, 2.24) is 36.2 Å². The first kappa shape index (κ1) is 13.4. The van der Waals surface area contributed by atoms with Gasteiger partial charge in [0.15, 0.2) is 10.3 Å². The van der Waals surface area contributed by atoms with E-state index in [0.29, 0.717) is 0 Å². The number of hydrazone groups is 1. The Balaban J connectivity index is 0.000000218. The molecule has 19 heavy (non-hydrogen) atoms. The van der Waals surface area contributed by atoms with Crippen molar-refractivity contribution < 1.29 is 10.1 Å². The fourth-order valence-corrected chi connectivity index (χ4v) is 0.739. The number of hydrazine groups is 4. The molecule has 7 N–H and O–H groups in total. The van der Waals surface area contributed by atoms with Crippen molar-refractivity contribution in [3.63, 3.8) is 0 Å². The smallest absolute Gasteiger partial charge is 0.312 e. The number of nitrogens with one attached hydrogen (secondary N) is 1. The van der Waals surface area contributed by atoms with Gasteiger partial charge in [-0.05, 0) is 10.4 Å². The third-order valence-corrected chi connectivity index (χ3v) is 1.47. The summed E-state index contributed by atoms with van der Waals surface area (Å²) >= 11 is 0. The lowest BCUT2D eigenvalue weighted by molar-refractivity contribution is -0.818. The van der Waals surface area contributed by atoms with E-state index in [1.54, 1.807) is 5.53 Å². The average molecular weight is 277 g/mol. The second-order valence-electron chi connectivity index (χ2n) is 2.61. The number of hydrogen-bond acceptors (Lipinski definition) is 12. The summed E-state index contributed by atoms with van der Waals surface area (Å²) in [5.41, 5.74) is 11.7. The number of tetrazole rings is 1. The number of anilines is 1. The Morgan fingerprint density at radius 3 is 2.11 bits per heavy atom. The van der Waals surface area contributed by atoms with Crippen molar-refractivity contribution in [2.24, 2.45) is 10.8 Å². The molecule has 0 unspecified atom stereocenters. The molecule has 0 aromatic carbocycles. The largest absolute Gasteiger partial charge is 0.365 e. The van der Waals surface area contributed by atoms with Crippen LogP contribution in [0.25, 0.3) is 0 Å². The van der Waals surface area contributed by atoms with Gasteiger partial charge in [-0.25, -0.2) is 20.2 Å². The van der Waals surface area contributed by atoms with Gasteiger partial charge in [-0.2, -0.15) is 0 Å². The minimum absolute atomic E-state index is 0.0417. The van der Waals surface area contributed by atoms with Crippen LogP contribution < -0.4 is 22.8 Å². The van der Waals surface area contributed by atoms with Crippen molar-refractivity contribution in [1.29, 1.82) is 0 Å². The lowest BCUT2D eigenvalue weighted by Gasteiger charge is -2.08. The van der Waals surface area contributed by atoms with E-state index in [2.05, 4.69) is 20.6 Å². The monoisotopic (exact) mass is 277 g/mol. The van der Waals surface area contributed by atoms with Gasteiger partial charge in [-0.1, -0.05) is 5.10 Å². The molecule has 1 aromatic rings. The van der Waals surface area contributed by atoms with Crippen molar-refractivity contribution in [3.8, 4) is 0 Å². The Hall–Kier alpha value is -3.66. The van der Waals surface area contributed by atoms with Crippen molar-refractivity contribution >= 4 is 11.9 Å². The molecule has 17 nitrogen and oxygen atoms in total. The molecule has 0 spiro atoms. The number of nitrogens with zero attached hydrogens (tertiary/aromatic N) is 9. The van der Waals surface area contributed by atoms with Crippen molar-refractivity contribution in [2.75, 3.05) is 11.6 Å². The van der Waals surface area contributed by atoms with Crippen LogP contribution in [0.3, 0.4) is 0 Å². The van der Waals surface area contributed by atoms with Gasteiger partial charge in [0.25, 0.3) is 5.95 Å². The van der Waals surface area contributed by atoms with E-state index in [0.717, 1.165) is 4.79 Å². The highest BCUT2D eigenvalue weighted by Gasteiger charge is 2.42. The molecular weight excluding hydrogens is 270 g/mol. The summed E-state index contributed by atoms with van der Waals surface area (Å²) in [5.74, 6) is 4.49. The Bertz CT molecular complexity index is 488. The van der Waals surface area contributed by atoms with Gasteiger partial charge in [0.05, 0.1) is 0 Å². The summed E-state index contributed by atoms with van der Waals surface area (Å²) in [6, 6.07) is 0. The summed E-state index contributed by atoms with van der Waals surface area (Å²) in [5, 5.41) is 30.6. The molecule has 0 amide bonds. The molecule has 1 aliphatic rings. The first-order valence-corrected chi connectivity index (χ1v) is 4.11. The Morgan fingerprint density at radius 1 is 1.21 bits per heavy atom. The average Bonchev–Trinajstić information content (AvgIpc) is 2.87. The molecule has 0 saturated heterocycles. The SMILES string of the molecule is NC1=NNN([N+](=O)[O-])N1[N+](=O)[O-].Nc1nnnn1N. The first-order chi connectivity index (χ1) is 8.84. The fraction of sp³-hybridized carbons (Fsp3) is 0. The zero-order chi connectivity index (χ0) is 14.6. The molecule has 0 saturated carbocycles. The number of rotatable bonds is 2. The molecule has 0 aliphatic carbocycles. The zero-order valence-electron chi connectivity index (χ0n) is 8.89. The highest BCUT2D eigenvalue weighted by Crippen LogP contribution is 2.00. The first-order valence-electron chi connectivity index (χ1n) is 4.11. The van der Waals surface area contributed by atoms with Crippen LogP contribution in [-0.2, 0) is 0 Å². The normalized spacial score (nSPS) is 13.2. The summed E-state index contributed by atoms with van der Waals surface area (Å²) in [7, 11) is 0. The van der Waals surface area contributed by atoms with Crippen LogP contribution in [0.1, 0.15) is 0 Å². The van der Waals surface area contributed by atoms with E-state index in [1.807, 2.05) is 0 Å². The highest BCUT2D eigenvalue weighted by molar-refractivity contribution is 5.76. The predicted molar refractivity (Wildman–Crippen MR) is 54.8 cm³/mol. The van der Waals surface area contributed by atoms with E-state index in [9.17, 15) is 20.2 Å². The van der Waals surface area contributed by atoms with Crippen LogP contribution in [0.5, 0.6) is 0 Å². The summed E-state index contributed by atoms with van der Waals surface area (Å²) in [4.78, 5) is 21.1. The van der Waals surface area contributed by atoms with Crippen LogP contribution in [0.2, 0.25) is 0 Å². The maximum atomic E-state index is 10.1. The molecule has 104 valence electrons. The van der Waals surface area contributed by atoms with Gasteiger partial charge in [0.1, 0.15) is 5.12 Å². The summed E-state index contributed by atoms with van der Waals surface area (Å²) in [6.45, 7) is 0. The van der Waals surface area contributed by atoms with E-state index in [4.69, 9.17) is 17.3 Å². The van der Waals surface area contributed by atoms with E-state index >= 15 is 0 Å². The van der Waals surface area contributed by atoms with Gasteiger partial charge < -0.3 is 17.3 Å². The maximum Gasteiger partial charge on any atom is 0.312 e. The van der Waals surface area contributed by atoms with Gasteiger partial charge in [0, 0.05) is 0 Å². The molecule has 0 bridgehead atoms.